The molecular weight excluding hydrogens is 295 g/mol. The van der Waals surface area contributed by atoms with Gasteiger partial charge in [0.15, 0.2) is 0 Å². The van der Waals surface area contributed by atoms with Crippen LogP contribution in [0.5, 0.6) is 0 Å². The van der Waals surface area contributed by atoms with E-state index >= 15 is 0 Å². The number of hydrogen-bond donors (Lipinski definition) is 0. The molecular formula is C11H19Cl2OSiTi. The normalized spacial score (nSPS) is 16.5. The third-order valence-corrected chi connectivity index (χ3v) is 4.80. The van der Waals surface area contributed by atoms with Gasteiger partial charge in [-0.3, -0.25) is 0 Å². The summed E-state index contributed by atoms with van der Waals surface area (Å²) in [7, 11) is -0.765. The van der Waals surface area contributed by atoms with Crippen molar-refractivity contribution >= 4 is 8.80 Å². The monoisotopic (exact) mass is 313 g/mol. The largest absolute Gasteiger partial charge is 1.00 e. The fourth-order valence-electron chi connectivity index (χ4n) is 1.67. The maximum absolute atomic E-state index is 6.02. The second kappa shape index (κ2) is 8.96. The molecule has 0 heterocycles. The van der Waals surface area contributed by atoms with E-state index in [0.29, 0.717) is 11.8 Å². The molecule has 0 N–H and O–H groups in total. The molecule has 91 valence electrons. The predicted molar refractivity (Wildman–Crippen MR) is 59.7 cm³/mol. The molecule has 0 aliphatic heterocycles. The van der Waals surface area contributed by atoms with Gasteiger partial charge in [-0.15, -0.1) is 0 Å². The van der Waals surface area contributed by atoms with Crippen molar-refractivity contribution in [1.29, 1.82) is 0 Å². The molecule has 1 aliphatic rings. The van der Waals surface area contributed by atoms with Gasteiger partial charge in [-0.05, 0) is 0 Å². The average molecular weight is 314 g/mol. The standard InChI is InChI=1S/C11H19OSi.2ClH.Ti/c1-9(2)12-11(13(3)4)10-7-5-6-8-10;;;/h5,7,9,11,13H,6H2,1-4H3;2*1H;/q;;;+2/p-2. The Morgan fingerprint density at radius 3 is 2.19 bits per heavy atom. The van der Waals surface area contributed by atoms with Gasteiger partial charge in [0.2, 0.25) is 0 Å². The Morgan fingerprint density at radius 1 is 1.31 bits per heavy atom. The molecule has 0 amide bonds. The van der Waals surface area contributed by atoms with E-state index in [1.807, 2.05) is 0 Å². The molecule has 0 bridgehead atoms. The third-order valence-electron chi connectivity index (χ3n) is 2.30. The minimum Gasteiger partial charge on any atom is -1.00 e. The van der Waals surface area contributed by atoms with Crippen molar-refractivity contribution in [3.05, 3.63) is 21.6 Å². The van der Waals surface area contributed by atoms with E-state index in [4.69, 9.17) is 4.74 Å². The molecule has 0 aromatic rings. The molecule has 1 aliphatic carbocycles. The van der Waals surface area contributed by atoms with Crippen molar-refractivity contribution in [3.63, 3.8) is 0 Å². The van der Waals surface area contributed by atoms with Gasteiger partial charge in [0.1, 0.15) is 0 Å². The molecule has 0 radical (unpaired) electrons. The zero-order chi connectivity index (χ0) is 10.7. The van der Waals surface area contributed by atoms with Crippen molar-refractivity contribution < 1.29 is 50.0 Å². The molecule has 1 unspecified atom stereocenters. The van der Waals surface area contributed by atoms with E-state index < -0.39 is 8.80 Å². The molecule has 5 heteroatoms. The van der Waals surface area contributed by atoms with Crippen LogP contribution >= 0.6 is 0 Å². The second-order valence-corrected chi connectivity index (χ2v) is 8.43. The molecule has 0 saturated heterocycles. The number of allylic oxidation sites excluding steroid dienone is 2. The summed E-state index contributed by atoms with van der Waals surface area (Å²) in [6.45, 7) is 8.97. The summed E-state index contributed by atoms with van der Waals surface area (Å²) >= 11 is 2.22. The van der Waals surface area contributed by atoms with E-state index in [1.54, 1.807) is 0 Å². The van der Waals surface area contributed by atoms with Gasteiger partial charge in [-0.2, -0.15) is 0 Å². The third kappa shape index (κ3) is 5.52. The molecule has 0 aromatic heterocycles. The van der Waals surface area contributed by atoms with Crippen LogP contribution in [-0.2, 0) is 25.2 Å². The van der Waals surface area contributed by atoms with E-state index in [9.17, 15) is 0 Å². The van der Waals surface area contributed by atoms with Crippen molar-refractivity contribution in [2.45, 2.75) is 45.2 Å². The Kier molecular flexibility index (Phi) is 10.8. The Balaban J connectivity index is 0. The van der Waals surface area contributed by atoms with Gasteiger partial charge >= 0.3 is 101 Å². The molecule has 16 heavy (non-hydrogen) atoms. The summed E-state index contributed by atoms with van der Waals surface area (Å²) in [4.78, 5) is 0. The van der Waals surface area contributed by atoms with Crippen LogP contribution in [0.3, 0.4) is 0 Å². The maximum atomic E-state index is 6.02. The molecule has 0 spiro atoms. The average Bonchev–Trinajstić information content (AvgIpc) is 2.46. The Hall–Kier alpha value is 0.951. The molecule has 1 atom stereocenters. The summed E-state index contributed by atoms with van der Waals surface area (Å²) < 4.78 is 7.52. The minimum absolute atomic E-state index is 0. The first-order valence-corrected chi connectivity index (χ1v) is 9.04. The van der Waals surface area contributed by atoms with Gasteiger partial charge in [-0.25, -0.2) is 0 Å². The number of rotatable bonds is 4. The maximum Gasteiger partial charge on any atom is -1.00 e. The van der Waals surface area contributed by atoms with E-state index in [1.165, 1.54) is 9.45 Å². The van der Waals surface area contributed by atoms with E-state index in [-0.39, 0.29) is 24.8 Å². The van der Waals surface area contributed by atoms with Crippen LogP contribution in [-0.4, -0.2) is 20.6 Å². The van der Waals surface area contributed by atoms with Crippen LogP contribution in [0, 0.1) is 0 Å². The summed E-state index contributed by atoms with van der Waals surface area (Å²) in [6.07, 6.45) is 5.96. The quantitative estimate of drug-likeness (QED) is 0.491. The summed E-state index contributed by atoms with van der Waals surface area (Å²) in [6, 6.07) is 0. The van der Waals surface area contributed by atoms with Gasteiger partial charge in [0, 0.05) is 0 Å². The first-order chi connectivity index (χ1) is 6.52. The van der Waals surface area contributed by atoms with Crippen LogP contribution in [0.1, 0.15) is 20.3 Å². The van der Waals surface area contributed by atoms with Crippen molar-refractivity contribution in [2.75, 3.05) is 0 Å². The van der Waals surface area contributed by atoms with Gasteiger partial charge in [0.25, 0.3) is 0 Å². The molecule has 0 fully saturated rings. The Bertz CT molecular complexity index is 265. The zero-order valence-corrected chi connectivity index (χ0v) is 14.5. The van der Waals surface area contributed by atoms with Crippen LogP contribution in [0.2, 0.25) is 13.1 Å². The molecule has 0 saturated carbocycles. The number of hydrogen-bond acceptors (Lipinski definition) is 1. The first kappa shape index (κ1) is 19.3. The zero-order valence-electron chi connectivity index (χ0n) is 10.3. The number of halogens is 2. The van der Waals surface area contributed by atoms with Gasteiger partial charge in [0.05, 0.1) is 0 Å². The number of ether oxygens (including phenoxy) is 1. The van der Waals surface area contributed by atoms with E-state index in [2.05, 4.69) is 59.5 Å². The predicted octanol–water partition coefficient (Wildman–Crippen LogP) is -3.43. The molecule has 1 nitrogen and oxygen atoms in total. The second-order valence-electron chi connectivity index (χ2n) is 4.39. The smallest absolute Gasteiger partial charge is 1.00 e. The molecule has 0 aromatic carbocycles. The minimum atomic E-state index is -0.765. The van der Waals surface area contributed by atoms with Crippen LogP contribution < -0.4 is 24.8 Å². The van der Waals surface area contributed by atoms with Gasteiger partial charge < -0.3 is 24.8 Å². The van der Waals surface area contributed by atoms with Crippen LogP contribution in [0.25, 0.3) is 0 Å². The summed E-state index contributed by atoms with van der Waals surface area (Å²) in [5.41, 5.74) is 1.87. The summed E-state index contributed by atoms with van der Waals surface area (Å²) in [5.74, 6) is 0. The van der Waals surface area contributed by atoms with Crippen molar-refractivity contribution in [2.24, 2.45) is 0 Å². The summed E-state index contributed by atoms with van der Waals surface area (Å²) in [5, 5.41) is 0. The van der Waals surface area contributed by atoms with Gasteiger partial charge in [-0.1, -0.05) is 0 Å². The van der Waals surface area contributed by atoms with E-state index in [0.717, 1.165) is 6.42 Å². The first-order valence-electron chi connectivity index (χ1n) is 5.29. The van der Waals surface area contributed by atoms with Crippen LogP contribution in [0.15, 0.2) is 21.6 Å². The van der Waals surface area contributed by atoms with Crippen molar-refractivity contribution in [3.8, 4) is 0 Å². The Morgan fingerprint density at radius 2 is 1.88 bits per heavy atom. The van der Waals surface area contributed by atoms with Crippen molar-refractivity contribution in [1.82, 2.24) is 0 Å². The SMILES string of the molecule is CC(C)OC(C1=[C]([Ti+2])CC=C1)[SiH](C)C.[Cl-].[Cl-]. The molecule has 1 rings (SSSR count). The topological polar surface area (TPSA) is 9.23 Å². The fraction of sp³-hybridized carbons (Fsp3) is 0.636. The van der Waals surface area contributed by atoms with Crippen LogP contribution in [0.4, 0.5) is 0 Å². The fourth-order valence-corrected chi connectivity index (χ4v) is 4.13. The Labute approximate surface area is 125 Å².